The van der Waals surface area contributed by atoms with E-state index in [-0.39, 0.29) is 17.3 Å². The highest BCUT2D eigenvalue weighted by Crippen LogP contribution is 2.20. The minimum atomic E-state index is -3.39. The molecule has 2 aromatic rings. The number of carbonyl (C=O) groups excluding carboxylic acids is 1. The molecule has 1 N–H and O–H groups in total. The first-order chi connectivity index (χ1) is 14.2. The molecule has 7 heteroatoms. The van der Waals surface area contributed by atoms with Crippen LogP contribution in [-0.4, -0.2) is 63.1 Å². The maximum Gasteiger partial charge on any atom is 0.238 e. The number of para-hydroxylation sites is 1. The van der Waals surface area contributed by atoms with Gasteiger partial charge in [-0.15, -0.1) is 0 Å². The van der Waals surface area contributed by atoms with Crippen LogP contribution < -0.4 is 5.32 Å². The first-order valence-electron chi connectivity index (χ1n) is 10.3. The summed E-state index contributed by atoms with van der Waals surface area (Å²) in [6, 6.07) is 15.3. The van der Waals surface area contributed by atoms with Gasteiger partial charge < -0.3 is 5.32 Å². The van der Waals surface area contributed by atoms with E-state index in [9.17, 15) is 13.2 Å². The van der Waals surface area contributed by atoms with Gasteiger partial charge >= 0.3 is 0 Å². The number of hydrogen-bond donors (Lipinski definition) is 1. The Morgan fingerprint density at radius 3 is 2.17 bits per heavy atom. The highest BCUT2D eigenvalue weighted by molar-refractivity contribution is 7.90. The van der Waals surface area contributed by atoms with Crippen LogP contribution in [0, 0.1) is 0 Å². The molecule has 1 amide bonds. The zero-order valence-electron chi connectivity index (χ0n) is 18.0. The van der Waals surface area contributed by atoms with Crippen LogP contribution in [-0.2, 0) is 21.2 Å². The molecule has 1 saturated heterocycles. The van der Waals surface area contributed by atoms with Gasteiger partial charge in [-0.05, 0) is 29.2 Å². The van der Waals surface area contributed by atoms with Crippen molar-refractivity contribution in [1.29, 1.82) is 0 Å². The molecular weight excluding hydrogens is 398 g/mol. The third-order valence-corrected chi connectivity index (χ3v) is 6.60. The molecule has 1 aliphatic rings. The fraction of sp³-hybridized carbons (Fsp3) is 0.435. The molecule has 1 fully saturated rings. The predicted molar refractivity (Wildman–Crippen MR) is 120 cm³/mol. The second-order valence-electron chi connectivity index (χ2n) is 8.27. The maximum absolute atomic E-state index is 12.5. The van der Waals surface area contributed by atoms with Crippen molar-refractivity contribution in [3.05, 3.63) is 59.7 Å². The van der Waals surface area contributed by atoms with Gasteiger partial charge in [-0.1, -0.05) is 50.2 Å². The molecule has 0 aromatic heterocycles. The molecule has 6 nitrogen and oxygen atoms in total. The van der Waals surface area contributed by atoms with Crippen molar-refractivity contribution in [1.82, 2.24) is 9.80 Å². The van der Waals surface area contributed by atoms with Crippen LogP contribution in [0.25, 0.3) is 0 Å². The highest BCUT2D eigenvalue weighted by atomic mass is 32.2. The Morgan fingerprint density at radius 2 is 1.57 bits per heavy atom. The van der Waals surface area contributed by atoms with Crippen LogP contribution in [0.4, 0.5) is 5.69 Å². The van der Waals surface area contributed by atoms with Gasteiger partial charge in [-0.3, -0.25) is 14.6 Å². The molecule has 2 aromatic carbocycles. The number of hydrogen-bond acceptors (Lipinski definition) is 5. The van der Waals surface area contributed by atoms with Crippen molar-refractivity contribution in [2.45, 2.75) is 31.2 Å². The second kappa shape index (κ2) is 9.73. The zero-order chi connectivity index (χ0) is 21.7. The Hall–Kier alpha value is -2.22. The number of nitrogens with zero attached hydrogens (tertiary/aromatic N) is 2. The molecule has 1 aliphatic heterocycles. The summed E-state index contributed by atoms with van der Waals surface area (Å²) in [5.41, 5.74) is 3.00. The summed E-state index contributed by atoms with van der Waals surface area (Å²) in [7, 11) is -3.39. The van der Waals surface area contributed by atoms with Crippen LogP contribution in [0.3, 0.4) is 0 Å². The van der Waals surface area contributed by atoms with E-state index in [2.05, 4.69) is 53.2 Å². The molecule has 0 bridgehead atoms. The molecule has 3 rings (SSSR count). The van der Waals surface area contributed by atoms with Crippen molar-refractivity contribution in [2.24, 2.45) is 0 Å². The number of amides is 1. The van der Waals surface area contributed by atoms with Crippen molar-refractivity contribution >= 4 is 21.4 Å². The minimum Gasteiger partial charge on any atom is -0.324 e. The van der Waals surface area contributed by atoms with E-state index in [1.807, 2.05) is 0 Å². The lowest BCUT2D eigenvalue weighted by Gasteiger charge is -2.34. The number of benzene rings is 2. The summed E-state index contributed by atoms with van der Waals surface area (Å²) in [6.07, 6.45) is 1.15. The number of rotatable bonds is 7. The van der Waals surface area contributed by atoms with Gasteiger partial charge in [0.2, 0.25) is 5.91 Å². The van der Waals surface area contributed by atoms with Crippen LogP contribution in [0.5, 0.6) is 0 Å². The SMILES string of the molecule is CC(C)c1ccc(CN2CCN(CC(=O)Nc3ccccc3S(C)(=O)=O)CC2)cc1. The van der Waals surface area contributed by atoms with E-state index >= 15 is 0 Å². The van der Waals surface area contributed by atoms with Crippen LogP contribution in [0.15, 0.2) is 53.4 Å². The Bertz CT molecular complexity index is 963. The predicted octanol–water partition coefficient (Wildman–Crippen LogP) is 2.97. The number of sulfone groups is 1. The monoisotopic (exact) mass is 429 g/mol. The lowest BCUT2D eigenvalue weighted by molar-refractivity contribution is -0.117. The average molecular weight is 430 g/mol. The largest absolute Gasteiger partial charge is 0.324 e. The molecule has 1 heterocycles. The zero-order valence-corrected chi connectivity index (χ0v) is 18.8. The number of nitrogens with one attached hydrogen (secondary N) is 1. The van der Waals surface area contributed by atoms with Crippen molar-refractivity contribution in [3.8, 4) is 0 Å². The topological polar surface area (TPSA) is 69.7 Å². The number of carbonyl (C=O) groups is 1. The summed E-state index contributed by atoms with van der Waals surface area (Å²) in [4.78, 5) is 17.1. The number of anilines is 1. The normalized spacial score (nSPS) is 16.0. The fourth-order valence-corrected chi connectivity index (χ4v) is 4.50. The third-order valence-electron chi connectivity index (χ3n) is 5.45. The van der Waals surface area contributed by atoms with E-state index in [1.54, 1.807) is 18.2 Å². The summed E-state index contributed by atoms with van der Waals surface area (Å²) in [5.74, 6) is 0.349. The van der Waals surface area contributed by atoms with Gasteiger partial charge in [-0.2, -0.15) is 0 Å². The second-order valence-corrected chi connectivity index (χ2v) is 10.2. The Balaban J connectivity index is 1.48. The Labute approximate surface area is 179 Å². The fourth-order valence-electron chi connectivity index (χ4n) is 3.66. The molecule has 0 atom stereocenters. The molecule has 162 valence electrons. The van der Waals surface area contributed by atoms with Crippen LogP contribution >= 0.6 is 0 Å². The van der Waals surface area contributed by atoms with Gasteiger partial charge in [0.05, 0.1) is 17.1 Å². The smallest absolute Gasteiger partial charge is 0.238 e. The van der Waals surface area contributed by atoms with E-state index in [0.717, 1.165) is 39.0 Å². The van der Waals surface area contributed by atoms with Crippen LogP contribution in [0.1, 0.15) is 30.9 Å². The first-order valence-corrected chi connectivity index (χ1v) is 12.2. The first kappa shape index (κ1) is 22.5. The Morgan fingerprint density at radius 1 is 0.967 bits per heavy atom. The van der Waals surface area contributed by atoms with Crippen LogP contribution in [0.2, 0.25) is 0 Å². The molecule has 0 unspecified atom stereocenters. The summed E-state index contributed by atoms with van der Waals surface area (Å²) in [6.45, 7) is 9.00. The van der Waals surface area contributed by atoms with Gasteiger partial charge in [-0.25, -0.2) is 8.42 Å². The summed E-state index contributed by atoms with van der Waals surface area (Å²) >= 11 is 0. The summed E-state index contributed by atoms with van der Waals surface area (Å²) in [5, 5.41) is 2.76. The van der Waals surface area contributed by atoms with E-state index < -0.39 is 9.84 Å². The standard InChI is InChI=1S/C23H31N3O3S/c1-18(2)20-10-8-19(9-11-20)16-25-12-14-26(15-13-25)17-23(27)24-21-6-4-5-7-22(21)30(3,28)29/h4-11,18H,12-17H2,1-3H3,(H,24,27). The van der Waals surface area contributed by atoms with Crippen molar-refractivity contribution < 1.29 is 13.2 Å². The number of piperazine rings is 1. The van der Waals surface area contributed by atoms with Crippen molar-refractivity contribution in [2.75, 3.05) is 44.3 Å². The lowest BCUT2D eigenvalue weighted by atomic mass is 10.0. The quantitative estimate of drug-likeness (QED) is 0.733. The average Bonchev–Trinajstić information content (AvgIpc) is 2.69. The highest BCUT2D eigenvalue weighted by Gasteiger charge is 2.20. The molecule has 0 spiro atoms. The third kappa shape index (κ3) is 6.14. The molecular formula is C23H31N3O3S. The van der Waals surface area contributed by atoms with E-state index in [0.29, 0.717) is 11.6 Å². The lowest BCUT2D eigenvalue weighted by Crippen LogP contribution is -2.48. The molecule has 0 radical (unpaired) electrons. The van der Waals surface area contributed by atoms with Crippen molar-refractivity contribution in [3.63, 3.8) is 0 Å². The maximum atomic E-state index is 12.5. The Kier molecular flexibility index (Phi) is 7.28. The molecule has 0 aliphatic carbocycles. The molecule has 30 heavy (non-hydrogen) atoms. The molecule has 0 saturated carbocycles. The van der Waals surface area contributed by atoms with E-state index in [4.69, 9.17) is 0 Å². The summed E-state index contributed by atoms with van der Waals surface area (Å²) < 4.78 is 23.8. The van der Waals surface area contributed by atoms with Gasteiger partial charge in [0.15, 0.2) is 9.84 Å². The van der Waals surface area contributed by atoms with Gasteiger partial charge in [0, 0.05) is 39.0 Å². The van der Waals surface area contributed by atoms with E-state index in [1.165, 1.54) is 17.2 Å². The van der Waals surface area contributed by atoms with Gasteiger partial charge in [0.1, 0.15) is 0 Å². The van der Waals surface area contributed by atoms with Gasteiger partial charge in [0.25, 0.3) is 0 Å². The minimum absolute atomic E-state index is 0.145.